The van der Waals surface area contributed by atoms with E-state index in [0.29, 0.717) is 17.4 Å². The molecule has 0 spiro atoms. The van der Waals surface area contributed by atoms with E-state index in [1.54, 1.807) is 0 Å². The Labute approximate surface area is 326 Å². The zero-order valence-corrected chi connectivity index (χ0v) is 36.1. The second kappa shape index (κ2) is 36.4. The summed E-state index contributed by atoms with van der Waals surface area (Å²) in [4.78, 5) is 37.5. The molecule has 0 aromatic rings. The second-order valence-corrected chi connectivity index (χ2v) is 17.5. The number of unbranched alkanes of at least 4 members (excludes halogenated alkanes) is 24. The van der Waals surface area contributed by atoms with Gasteiger partial charge < -0.3 is 27.9 Å². The van der Waals surface area contributed by atoms with Crippen LogP contribution >= 0.6 is 7.82 Å². The minimum Gasteiger partial charge on any atom is -0.756 e. The van der Waals surface area contributed by atoms with Crippen LogP contribution in [0.25, 0.3) is 0 Å². The Hall–Kier alpha value is -1.25. The molecule has 314 valence electrons. The minimum absolute atomic E-state index is 0.0290. The van der Waals surface area contributed by atoms with Crippen LogP contribution in [0.5, 0.6) is 0 Å². The van der Waals surface area contributed by atoms with E-state index >= 15 is 0 Å². The van der Waals surface area contributed by atoms with E-state index in [0.717, 1.165) is 51.4 Å². The number of quaternary nitrogens is 1. The highest BCUT2D eigenvalue weighted by atomic mass is 31.2. The number of carbonyl (C=O) groups is 2. The van der Waals surface area contributed by atoms with Crippen LogP contribution in [0.15, 0.2) is 12.2 Å². The summed E-state index contributed by atoms with van der Waals surface area (Å²) in [6.07, 6.45) is 36.6. The Bertz CT molecular complexity index is 922. The molecule has 0 bridgehead atoms. The lowest BCUT2D eigenvalue weighted by atomic mass is 10.0. The van der Waals surface area contributed by atoms with Crippen molar-refractivity contribution < 1.29 is 42.1 Å². The Balaban J connectivity index is 4.35. The number of hydrogen-bond acceptors (Lipinski definition) is 8. The summed E-state index contributed by atoms with van der Waals surface area (Å²) in [7, 11) is 1.17. The zero-order valence-electron chi connectivity index (χ0n) is 35.2. The summed E-state index contributed by atoms with van der Waals surface area (Å²) in [6, 6.07) is 0. The molecule has 0 heterocycles. The molecule has 0 N–H and O–H groups in total. The van der Waals surface area contributed by atoms with E-state index < -0.39 is 26.5 Å². The fourth-order valence-corrected chi connectivity index (χ4v) is 6.79. The van der Waals surface area contributed by atoms with E-state index in [1.807, 2.05) is 21.1 Å². The lowest BCUT2D eigenvalue weighted by Crippen LogP contribution is -2.37. The molecule has 1 unspecified atom stereocenters. The first-order valence-electron chi connectivity index (χ1n) is 21.9. The van der Waals surface area contributed by atoms with Crippen molar-refractivity contribution in [2.45, 2.75) is 206 Å². The molecule has 10 heteroatoms. The van der Waals surface area contributed by atoms with Gasteiger partial charge in [-0.2, -0.15) is 0 Å². The maximum absolute atomic E-state index is 12.7. The maximum atomic E-state index is 12.7. The van der Waals surface area contributed by atoms with Crippen molar-refractivity contribution in [3.63, 3.8) is 0 Å². The summed E-state index contributed by atoms with van der Waals surface area (Å²) in [5.74, 6) is -0.835. The van der Waals surface area contributed by atoms with E-state index in [9.17, 15) is 19.0 Å². The average Bonchev–Trinajstić information content (AvgIpc) is 3.10. The van der Waals surface area contributed by atoms with Gasteiger partial charge in [0.1, 0.15) is 19.8 Å². The first kappa shape index (κ1) is 51.8. The zero-order chi connectivity index (χ0) is 39.3. The monoisotopic (exact) mass is 774 g/mol. The van der Waals surface area contributed by atoms with Crippen molar-refractivity contribution in [2.24, 2.45) is 0 Å². The number of ether oxygens (including phenoxy) is 2. The van der Waals surface area contributed by atoms with Gasteiger partial charge in [0, 0.05) is 12.8 Å². The quantitative estimate of drug-likeness (QED) is 0.0199. The summed E-state index contributed by atoms with van der Waals surface area (Å²) in [6.45, 7) is 4.23. The van der Waals surface area contributed by atoms with Gasteiger partial charge in [0.05, 0.1) is 27.7 Å². The number of hydrogen-bond donors (Lipinski definition) is 0. The molecule has 0 saturated heterocycles. The molecule has 0 rings (SSSR count). The first-order chi connectivity index (χ1) is 25.5. The fraction of sp³-hybridized carbons (Fsp3) is 0.907. The lowest BCUT2D eigenvalue weighted by Gasteiger charge is -2.28. The van der Waals surface area contributed by atoms with Gasteiger partial charge in [-0.1, -0.05) is 161 Å². The molecule has 0 aliphatic rings. The molecule has 53 heavy (non-hydrogen) atoms. The minimum atomic E-state index is -4.62. The van der Waals surface area contributed by atoms with Gasteiger partial charge in [-0.15, -0.1) is 0 Å². The van der Waals surface area contributed by atoms with Crippen molar-refractivity contribution in [3.05, 3.63) is 12.2 Å². The third-order valence-corrected chi connectivity index (χ3v) is 10.5. The van der Waals surface area contributed by atoms with Crippen LogP contribution in [0.1, 0.15) is 200 Å². The molecule has 0 aromatic carbocycles. The number of nitrogens with zero attached hydrogens (tertiary/aromatic N) is 1. The van der Waals surface area contributed by atoms with Gasteiger partial charge in [0.15, 0.2) is 6.10 Å². The molecule has 0 aromatic heterocycles. The number of phosphoric acid groups is 1. The largest absolute Gasteiger partial charge is 0.756 e. The van der Waals surface area contributed by atoms with Crippen molar-refractivity contribution in [2.75, 3.05) is 47.5 Å². The lowest BCUT2D eigenvalue weighted by molar-refractivity contribution is -0.870. The topological polar surface area (TPSA) is 111 Å². The summed E-state index contributed by atoms with van der Waals surface area (Å²) < 4.78 is 33.9. The molecule has 0 saturated carbocycles. The van der Waals surface area contributed by atoms with Crippen molar-refractivity contribution >= 4 is 19.8 Å². The van der Waals surface area contributed by atoms with Crippen LogP contribution in [0.3, 0.4) is 0 Å². The van der Waals surface area contributed by atoms with Crippen LogP contribution in [-0.4, -0.2) is 70.0 Å². The first-order valence-corrected chi connectivity index (χ1v) is 23.4. The number of carbonyl (C=O) groups excluding carboxylic acids is 2. The third-order valence-electron chi connectivity index (χ3n) is 9.54. The Morgan fingerprint density at radius 2 is 0.962 bits per heavy atom. The Morgan fingerprint density at radius 1 is 0.566 bits per heavy atom. The van der Waals surface area contributed by atoms with E-state index in [-0.39, 0.29) is 32.0 Å². The number of phosphoric ester groups is 1. The Kier molecular flexibility index (Phi) is 35.5. The molecule has 2 atom stereocenters. The fourth-order valence-electron chi connectivity index (χ4n) is 6.06. The van der Waals surface area contributed by atoms with Gasteiger partial charge in [0.2, 0.25) is 0 Å². The third kappa shape index (κ3) is 40.2. The average molecular weight is 774 g/mol. The molecule has 0 radical (unpaired) electrons. The molecule has 0 amide bonds. The van der Waals surface area contributed by atoms with Crippen LogP contribution < -0.4 is 4.89 Å². The standard InChI is InChI=1S/C43H84NO8P/c1-6-8-10-12-14-16-18-20-22-24-26-28-30-32-34-36-43(46)52-41(40-51-53(47,48)50-38-37-44(3,4)5)39-49-42(45)35-33-31-29-27-25-23-21-19-17-15-13-11-9-7-2/h19,21,41H,6-18,20,22-40H2,1-5H3/b21-19-/t41-/m1/s1. The predicted molar refractivity (Wildman–Crippen MR) is 218 cm³/mol. The molecule has 0 aliphatic carbocycles. The molecule has 0 aliphatic heterocycles. The van der Waals surface area contributed by atoms with Crippen molar-refractivity contribution in [1.29, 1.82) is 0 Å². The number of esters is 2. The maximum Gasteiger partial charge on any atom is 0.306 e. The van der Waals surface area contributed by atoms with Crippen LogP contribution in [0.2, 0.25) is 0 Å². The van der Waals surface area contributed by atoms with Gasteiger partial charge in [0.25, 0.3) is 7.82 Å². The number of rotatable bonds is 40. The molecule has 9 nitrogen and oxygen atoms in total. The Morgan fingerprint density at radius 3 is 1.40 bits per heavy atom. The SMILES string of the molecule is CCCCCCC/C=C\CCCCCCCC(=O)OC[C@H](COP(=O)([O-])OCC[N+](C)(C)C)OC(=O)CCCCCCCCCCCCCCCCC. The highest BCUT2D eigenvalue weighted by molar-refractivity contribution is 7.45. The molecule has 0 fully saturated rings. The van der Waals surface area contributed by atoms with Crippen molar-refractivity contribution in [1.82, 2.24) is 0 Å². The second-order valence-electron chi connectivity index (χ2n) is 16.1. The van der Waals surface area contributed by atoms with Crippen LogP contribution in [0, 0.1) is 0 Å². The van der Waals surface area contributed by atoms with E-state index in [4.69, 9.17) is 18.5 Å². The summed E-state index contributed by atoms with van der Waals surface area (Å²) >= 11 is 0. The number of allylic oxidation sites excluding steroid dienone is 2. The molecular weight excluding hydrogens is 689 g/mol. The molecular formula is C43H84NO8P. The van der Waals surface area contributed by atoms with Crippen molar-refractivity contribution in [3.8, 4) is 0 Å². The smallest absolute Gasteiger partial charge is 0.306 e. The van der Waals surface area contributed by atoms with E-state index in [1.165, 1.54) is 116 Å². The highest BCUT2D eigenvalue weighted by Gasteiger charge is 2.21. The van der Waals surface area contributed by atoms with Gasteiger partial charge in [-0.05, 0) is 38.5 Å². The van der Waals surface area contributed by atoms with Gasteiger partial charge in [-0.3, -0.25) is 14.2 Å². The van der Waals surface area contributed by atoms with Gasteiger partial charge in [-0.25, -0.2) is 0 Å². The summed E-state index contributed by atoms with van der Waals surface area (Å²) in [5.41, 5.74) is 0. The summed E-state index contributed by atoms with van der Waals surface area (Å²) in [5, 5.41) is 0. The van der Waals surface area contributed by atoms with Gasteiger partial charge >= 0.3 is 11.9 Å². The van der Waals surface area contributed by atoms with Crippen LogP contribution in [-0.2, 0) is 32.7 Å². The number of likely N-dealkylation sites (N-methyl/N-ethyl adjacent to an activating group) is 1. The van der Waals surface area contributed by atoms with Crippen LogP contribution in [0.4, 0.5) is 0 Å². The normalized spacial score (nSPS) is 13.7. The highest BCUT2D eigenvalue weighted by Crippen LogP contribution is 2.38. The van der Waals surface area contributed by atoms with E-state index in [2.05, 4.69) is 26.0 Å². The predicted octanol–water partition coefficient (Wildman–Crippen LogP) is 11.6.